The molecule has 0 bridgehead atoms. The molecule has 4 nitrogen and oxygen atoms in total. The predicted octanol–water partition coefficient (Wildman–Crippen LogP) is 5.94. The van der Waals surface area contributed by atoms with Crippen LogP contribution in [0.1, 0.15) is 19.4 Å². The monoisotopic (exact) mass is 421 g/mol. The Morgan fingerprint density at radius 2 is 1.66 bits per heavy atom. The molecule has 0 radical (unpaired) electrons. The summed E-state index contributed by atoms with van der Waals surface area (Å²) >= 11 is 3.18. The second-order valence-electron chi connectivity index (χ2n) is 6.73. The Labute approximate surface area is 180 Å². The first-order chi connectivity index (χ1) is 14.1. The van der Waals surface area contributed by atoms with E-state index in [1.54, 1.807) is 16.7 Å². The lowest BCUT2D eigenvalue weighted by atomic mass is 10.2. The van der Waals surface area contributed by atoms with E-state index in [2.05, 4.69) is 49.1 Å². The molecule has 0 aliphatic carbocycles. The second kappa shape index (κ2) is 8.51. The van der Waals surface area contributed by atoms with Crippen molar-refractivity contribution < 1.29 is 4.79 Å². The number of anilines is 1. The highest BCUT2D eigenvalue weighted by molar-refractivity contribution is 8.18. The number of benzene rings is 2. The number of carbonyl (C=O) groups excluding carboxylic acids is 1. The van der Waals surface area contributed by atoms with E-state index < -0.39 is 0 Å². The molecular formula is C23H23N3OS2. The number of allylic oxidation sites excluding steroid dienone is 2. The zero-order chi connectivity index (χ0) is 20.4. The number of thioether (sulfide) groups is 2. The smallest absolute Gasteiger partial charge is 0.266 e. The van der Waals surface area contributed by atoms with Crippen LogP contribution in [0.2, 0.25) is 0 Å². The van der Waals surface area contributed by atoms with Gasteiger partial charge in [-0.1, -0.05) is 41.6 Å². The maximum atomic E-state index is 12.9. The summed E-state index contributed by atoms with van der Waals surface area (Å²) in [5, 5.41) is 1.88. The number of hydrogen-bond donors (Lipinski definition) is 0. The van der Waals surface area contributed by atoms with E-state index in [0.717, 1.165) is 22.4 Å². The van der Waals surface area contributed by atoms with Gasteiger partial charge in [-0.3, -0.25) is 9.69 Å². The van der Waals surface area contributed by atoms with Crippen LogP contribution in [-0.4, -0.2) is 29.1 Å². The van der Waals surface area contributed by atoms with Gasteiger partial charge in [0, 0.05) is 18.0 Å². The van der Waals surface area contributed by atoms with Crippen LogP contribution in [0.3, 0.4) is 0 Å². The summed E-state index contributed by atoms with van der Waals surface area (Å²) in [4.78, 5) is 23.5. The number of aryl methyl sites for hydroxylation is 1. The number of amidine groups is 1. The molecule has 1 saturated heterocycles. The third-order valence-electron chi connectivity index (χ3n) is 4.79. The Morgan fingerprint density at radius 3 is 2.38 bits per heavy atom. The van der Waals surface area contributed by atoms with Gasteiger partial charge < -0.3 is 4.90 Å². The summed E-state index contributed by atoms with van der Waals surface area (Å²) < 4.78 is 0. The summed E-state index contributed by atoms with van der Waals surface area (Å²) in [6.07, 6.45) is 3.99. The maximum Gasteiger partial charge on any atom is 0.266 e. The maximum absolute atomic E-state index is 12.9. The normalized spacial score (nSPS) is 20.4. The summed E-state index contributed by atoms with van der Waals surface area (Å²) in [5.74, 6) is 0.0174. The molecule has 2 aliphatic rings. The quantitative estimate of drug-likeness (QED) is 0.573. The number of rotatable bonds is 4. The number of amides is 1. The van der Waals surface area contributed by atoms with Gasteiger partial charge in [-0.2, -0.15) is 0 Å². The Hall–Kier alpha value is -2.44. The van der Waals surface area contributed by atoms with Gasteiger partial charge in [-0.25, -0.2) is 4.99 Å². The summed E-state index contributed by atoms with van der Waals surface area (Å²) in [6, 6.07) is 16.4. The average molecular weight is 422 g/mol. The molecule has 2 aromatic rings. The lowest BCUT2D eigenvalue weighted by Gasteiger charge is -2.17. The average Bonchev–Trinajstić information content (AvgIpc) is 3.24. The van der Waals surface area contributed by atoms with Crippen LogP contribution in [0.4, 0.5) is 11.4 Å². The van der Waals surface area contributed by atoms with Gasteiger partial charge >= 0.3 is 0 Å². The van der Waals surface area contributed by atoms with Crippen molar-refractivity contribution >= 4 is 46.0 Å². The zero-order valence-electron chi connectivity index (χ0n) is 16.8. The number of aliphatic imine (C=N–C) groups is 1. The number of carbonyl (C=O) groups is 1. The highest BCUT2D eigenvalue weighted by Crippen LogP contribution is 2.45. The molecule has 2 aromatic carbocycles. The van der Waals surface area contributed by atoms with Crippen molar-refractivity contribution in [1.82, 2.24) is 4.90 Å². The summed E-state index contributed by atoms with van der Waals surface area (Å²) in [7, 11) is 0. The minimum absolute atomic E-state index is 0.0174. The van der Waals surface area contributed by atoms with E-state index in [9.17, 15) is 4.79 Å². The number of para-hydroxylation sites is 1. The topological polar surface area (TPSA) is 35.9 Å². The molecule has 1 fully saturated rings. The fraction of sp³-hybridized carbons (Fsp3) is 0.217. The molecule has 148 valence electrons. The molecule has 0 atom stereocenters. The molecule has 29 heavy (non-hydrogen) atoms. The van der Waals surface area contributed by atoms with Crippen LogP contribution in [0, 0.1) is 6.92 Å². The Kier molecular flexibility index (Phi) is 5.83. The van der Waals surface area contributed by atoms with Crippen LogP contribution >= 0.6 is 23.5 Å². The molecule has 4 rings (SSSR count). The highest BCUT2D eigenvalue weighted by Gasteiger charge is 2.32. The SMILES string of the molecule is CCN1C(=O)/C(=C/C=C2/Sc3ccccc3N2CC)SC1=Nc1ccc(C)cc1. The van der Waals surface area contributed by atoms with E-state index in [0.29, 0.717) is 11.4 Å². The van der Waals surface area contributed by atoms with Crippen molar-refractivity contribution in [2.24, 2.45) is 4.99 Å². The van der Waals surface area contributed by atoms with Crippen molar-refractivity contribution in [1.29, 1.82) is 0 Å². The minimum Gasteiger partial charge on any atom is -0.335 e. The number of fused-ring (bicyclic) bond motifs is 1. The summed E-state index contributed by atoms with van der Waals surface area (Å²) in [5.41, 5.74) is 3.29. The lowest BCUT2D eigenvalue weighted by Crippen LogP contribution is -2.28. The first kappa shape index (κ1) is 19.9. The van der Waals surface area contributed by atoms with Crippen LogP contribution in [0.15, 0.2) is 80.5 Å². The zero-order valence-corrected chi connectivity index (χ0v) is 18.4. The van der Waals surface area contributed by atoms with Gasteiger partial charge in [0.05, 0.1) is 21.3 Å². The molecule has 0 aromatic heterocycles. The van der Waals surface area contributed by atoms with Crippen molar-refractivity contribution in [3.8, 4) is 0 Å². The molecular weight excluding hydrogens is 398 g/mol. The van der Waals surface area contributed by atoms with Crippen molar-refractivity contribution in [2.45, 2.75) is 25.7 Å². The molecule has 0 saturated carbocycles. The standard InChI is InChI=1S/C23H23N3OS2/c1-4-25-18-8-6-7-9-19(18)28-21(25)15-14-20-22(27)26(5-2)23(29-20)24-17-12-10-16(3)11-13-17/h6-15H,4-5H2,1-3H3/b20-14-,21-15+,24-23?. The molecule has 2 heterocycles. The van der Waals surface area contributed by atoms with Crippen molar-refractivity contribution in [3.63, 3.8) is 0 Å². The van der Waals surface area contributed by atoms with Gasteiger partial charge in [0.15, 0.2) is 5.17 Å². The van der Waals surface area contributed by atoms with Gasteiger partial charge in [0.1, 0.15) is 0 Å². The van der Waals surface area contributed by atoms with E-state index in [-0.39, 0.29) is 5.91 Å². The van der Waals surface area contributed by atoms with E-state index in [1.807, 2.05) is 37.3 Å². The first-order valence-electron chi connectivity index (χ1n) is 9.72. The Bertz CT molecular complexity index is 1020. The first-order valence-corrected chi connectivity index (χ1v) is 11.4. The molecule has 0 N–H and O–H groups in total. The highest BCUT2D eigenvalue weighted by atomic mass is 32.2. The van der Waals surface area contributed by atoms with E-state index in [4.69, 9.17) is 4.99 Å². The third kappa shape index (κ3) is 4.00. The lowest BCUT2D eigenvalue weighted by molar-refractivity contribution is -0.122. The molecule has 0 spiro atoms. The largest absolute Gasteiger partial charge is 0.335 e. The van der Waals surface area contributed by atoms with Gasteiger partial charge in [0.2, 0.25) is 0 Å². The van der Waals surface area contributed by atoms with Crippen LogP contribution in [0.5, 0.6) is 0 Å². The fourth-order valence-corrected chi connectivity index (χ4v) is 5.40. The number of nitrogens with zero attached hydrogens (tertiary/aromatic N) is 3. The van der Waals surface area contributed by atoms with Crippen LogP contribution < -0.4 is 4.90 Å². The van der Waals surface area contributed by atoms with Gasteiger partial charge in [-0.15, -0.1) is 0 Å². The second-order valence-corrected chi connectivity index (χ2v) is 8.80. The summed E-state index contributed by atoms with van der Waals surface area (Å²) in [6.45, 7) is 7.67. The molecule has 6 heteroatoms. The van der Waals surface area contributed by atoms with Crippen molar-refractivity contribution in [2.75, 3.05) is 18.0 Å². The third-order valence-corrected chi connectivity index (χ3v) is 6.95. The predicted molar refractivity (Wildman–Crippen MR) is 125 cm³/mol. The Balaban J connectivity index is 1.60. The number of hydrogen-bond acceptors (Lipinski definition) is 5. The van der Waals surface area contributed by atoms with Crippen LogP contribution in [-0.2, 0) is 4.79 Å². The van der Waals surface area contributed by atoms with E-state index in [1.165, 1.54) is 27.9 Å². The van der Waals surface area contributed by atoms with Gasteiger partial charge in [0.25, 0.3) is 5.91 Å². The molecule has 0 unspecified atom stereocenters. The molecule has 2 aliphatic heterocycles. The molecule has 1 amide bonds. The number of likely N-dealkylation sites (N-methyl/N-ethyl adjacent to an activating group) is 1. The van der Waals surface area contributed by atoms with Crippen LogP contribution in [0.25, 0.3) is 0 Å². The Morgan fingerprint density at radius 1 is 0.931 bits per heavy atom. The minimum atomic E-state index is 0.0174. The van der Waals surface area contributed by atoms with E-state index >= 15 is 0 Å². The fourth-order valence-electron chi connectivity index (χ4n) is 3.26. The van der Waals surface area contributed by atoms with Crippen molar-refractivity contribution in [3.05, 3.63) is 76.2 Å². The van der Waals surface area contributed by atoms with Gasteiger partial charge in [-0.05, 0) is 69.0 Å².